The van der Waals surface area contributed by atoms with Gasteiger partial charge in [-0.25, -0.2) is 0 Å². The number of benzene rings is 1. The summed E-state index contributed by atoms with van der Waals surface area (Å²) in [6.07, 6.45) is 0. The van der Waals surface area contributed by atoms with Gasteiger partial charge in [-0.15, -0.1) is 0 Å². The molecule has 24 heavy (non-hydrogen) atoms. The molecule has 0 saturated heterocycles. The smallest absolute Gasteiger partial charge is 0.334 e. The molecule has 0 radical (unpaired) electrons. The van der Waals surface area contributed by atoms with Crippen molar-refractivity contribution in [2.24, 2.45) is 5.73 Å². The van der Waals surface area contributed by atoms with Gasteiger partial charge in [-0.3, -0.25) is 9.36 Å². The van der Waals surface area contributed by atoms with Crippen LogP contribution in [0.25, 0.3) is 0 Å². The number of rotatable bonds is 10. The fourth-order valence-electron chi connectivity index (χ4n) is 2.68. The summed E-state index contributed by atoms with van der Waals surface area (Å²) < 4.78 is 29.1. The SMILES string of the molecule is CCOC(=O)[C@@H](N)[C@@H](c1ccccc1)[C@H](C)P(=O)(OCC)OCC. The van der Waals surface area contributed by atoms with E-state index in [1.807, 2.05) is 30.3 Å². The Morgan fingerprint density at radius 1 is 1.08 bits per heavy atom. The lowest BCUT2D eigenvalue weighted by Gasteiger charge is -2.32. The number of nitrogens with two attached hydrogens (primary N) is 1. The van der Waals surface area contributed by atoms with Gasteiger partial charge in [0.25, 0.3) is 0 Å². The third kappa shape index (κ3) is 5.15. The number of ether oxygens (including phenoxy) is 1. The Morgan fingerprint density at radius 2 is 1.62 bits per heavy atom. The van der Waals surface area contributed by atoms with Crippen LogP contribution in [0, 0.1) is 0 Å². The van der Waals surface area contributed by atoms with Gasteiger partial charge < -0.3 is 19.5 Å². The summed E-state index contributed by atoms with van der Waals surface area (Å²) in [5, 5.41) is 0. The van der Waals surface area contributed by atoms with Crippen LogP contribution in [0.2, 0.25) is 0 Å². The molecule has 0 heterocycles. The Labute approximate surface area is 144 Å². The van der Waals surface area contributed by atoms with E-state index < -0.39 is 31.2 Å². The molecule has 0 aliphatic heterocycles. The summed E-state index contributed by atoms with van der Waals surface area (Å²) in [7, 11) is -3.43. The van der Waals surface area contributed by atoms with Crippen LogP contribution >= 0.6 is 7.60 Å². The average Bonchev–Trinajstić information content (AvgIpc) is 2.56. The molecule has 0 bridgehead atoms. The molecule has 0 amide bonds. The lowest BCUT2D eigenvalue weighted by atomic mass is 9.89. The molecule has 1 aromatic carbocycles. The molecule has 0 aliphatic carbocycles. The molecule has 0 unspecified atom stereocenters. The van der Waals surface area contributed by atoms with Crippen LogP contribution in [0.1, 0.15) is 39.2 Å². The van der Waals surface area contributed by atoms with Crippen molar-refractivity contribution in [3.05, 3.63) is 35.9 Å². The molecular weight excluding hydrogens is 329 g/mol. The van der Waals surface area contributed by atoms with E-state index in [1.54, 1.807) is 27.7 Å². The van der Waals surface area contributed by atoms with Crippen LogP contribution in [0.15, 0.2) is 30.3 Å². The molecule has 3 atom stereocenters. The molecule has 7 heteroatoms. The first-order valence-corrected chi connectivity index (χ1v) is 9.88. The fraction of sp³-hybridized carbons (Fsp3) is 0.588. The molecule has 0 saturated carbocycles. The second-order valence-electron chi connectivity index (χ2n) is 5.33. The third-order valence-corrected chi connectivity index (χ3v) is 6.32. The van der Waals surface area contributed by atoms with Crippen molar-refractivity contribution in [3.63, 3.8) is 0 Å². The van der Waals surface area contributed by atoms with Crippen molar-refractivity contribution < 1.29 is 23.1 Å². The summed E-state index contributed by atoms with van der Waals surface area (Å²) in [4.78, 5) is 12.2. The van der Waals surface area contributed by atoms with Crippen molar-refractivity contribution in [2.75, 3.05) is 19.8 Å². The van der Waals surface area contributed by atoms with Crippen LogP contribution in [0.3, 0.4) is 0 Å². The largest absolute Gasteiger partial charge is 0.465 e. The highest BCUT2D eigenvalue weighted by atomic mass is 31.2. The van der Waals surface area contributed by atoms with E-state index in [4.69, 9.17) is 19.5 Å². The number of carbonyl (C=O) groups is 1. The quantitative estimate of drug-likeness (QED) is 0.510. The van der Waals surface area contributed by atoms with Gasteiger partial charge in [0.15, 0.2) is 0 Å². The minimum Gasteiger partial charge on any atom is -0.465 e. The Kier molecular flexibility index (Phi) is 8.63. The zero-order valence-electron chi connectivity index (χ0n) is 14.8. The Hall–Kier alpha value is -1.20. The molecule has 136 valence electrons. The zero-order valence-corrected chi connectivity index (χ0v) is 15.7. The van der Waals surface area contributed by atoms with Crippen LogP contribution in [0.4, 0.5) is 0 Å². The molecule has 1 rings (SSSR count). The molecule has 0 aliphatic rings. The van der Waals surface area contributed by atoms with E-state index in [1.165, 1.54) is 0 Å². The standard InChI is InChI=1S/C17H28NO5P/c1-5-21-17(19)16(18)15(14-11-9-8-10-12-14)13(4)24(20,22-6-2)23-7-3/h8-13,15-16H,5-7,18H2,1-4H3/t13-,15+,16-/m0/s1. The van der Waals surface area contributed by atoms with Gasteiger partial charge in [0.05, 0.1) is 25.5 Å². The first kappa shape index (κ1) is 20.8. The maximum absolute atomic E-state index is 13.2. The Bertz CT molecular complexity index is 541. The van der Waals surface area contributed by atoms with Crippen molar-refractivity contribution in [3.8, 4) is 0 Å². The average molecular weight is 357 g/mol. The molecule has 0 aromatic heterocycles. The first-order chi connectivity index (χ1) is 11.4. The van der Waals surface area contributed by atoms with Gasteiger partial charge >= 0.3 is 13.6 Å². The molecular formula is C17H28NO5P. The van der Waals surface area contributed by atoms with Gasteiger partial charge in [-0.2, -0.15) is 0 Å². The topological polar surface area (TPSA) is 87.9 Å². The van der Waals surface area contributed by atoms with E-state index >= 15 is 0 Å². The lowest BCUT2D eigenvalue weighted by molar-refractivity contribution is -0.145. The number of hydrogen-bond donors (Lipinski definition) is 1. The van der Waals surface area contributed by atoms with E-state index in [0.717, 1.165) is 5.56 Å². The van der Waals surface area contributed by atoms with Crippen LogP contribution in [0.5, 0.6) is 0 Å². The van der Waals surface area contributed by atoms with E-state index in [0.29, 0.717) is 0 Å². The minimum absolute atomic E-state index is 0.233. The monoisotopic (exact) mass is 357 g/mol. The zero-order chi connectivity index (χ0) is 18.2. The maximum Gasteiger partial charge on any atom is 0.334 e. The fourth-order valence-corrected chi connectivity index (χ4v) is 4.69. The maximum atomic E-state index is 13.2. The normalized spacial score (nSPS) is 15.5. The predicted molar refractivity (Wildman–Crippen MR) is 94.1 cm³/mol. The molecule has 1 aromatic rings. The van der Waals surface area contributed by atoms with Gasteiger partial charge in [-0.1, -0.05) is 37.3 Å². The summed E-state index contributed by atoms with van der Waals surface area (Å²) >= 11 is 0. The second kappa shape index (κ2) is 9.94. The van der Waals surface area contributed by atoms with E-state index in [2.05, 4.69) is 0 Å². The number of esters is 1. The highest BCUT2D eigenvalue weighted by molar-refractivity contribution is 7.54. The van der Waals surface area contributed by atoms with Crippen molar-refractivity contribution in [1.82, 2.24) is 0 Å². The van der Waals surface area contributed by atoms with Gasteiger partial charge in [0, 0.05) is 5.92 Å². The summed E-state index contributed by atoms with van der Waals surface area (Å²) in [6.45, 7) is 7.69. The summed E-state index contributed by atoms with van der Waals surface area (Å²) in [6, 6.07) is 8.30. The van der Waals surface area contributed by atoms with Gasteiger partial charge in [0.1, 0.15) is 6.04 Å². The van der Waals surface area contributed by atoms with Crippen LogP contribution in [-0.4, -0.2) is 37.5 Å². The van der Waals surface area contributed by atoms with E-state index in [-0.39, 0.29) is 19.8 Å². The minimum atomic E-state index is -3.43. The summed E-state index contributed by atoms with van der Waals surface area (Å²) in [5.41, 5.74) is 6.36. The van der Waals surface area contributed by atoms with Crippen molar-refractivity contribution >= 4 is 13.6 Å². The second-order valence-corrected chi connectivity index (χ2v) is 7.74. The molecule has 0 spiro atoms. The number of hydrogen-bond acceptors (Lipinski definition) is 6. The van der Waals surface area contributed by atoms with Crippen molar-refractivity contribution in [1.29, 1.82) is 0 Å². The van der Waals surface area contributed by atoms with E-state index in [9.17, 15) is 9.36 Å². The highest BCUT2D eigenvalue weighted by Crippen LogP contribution is 2.57. The van der Waals surface area contributed by atoms with Crippen LogP contribution in [-0.2, 0) is 23.1 Å². The lowest BCUT2D eigenvalue weighted by Crippen LogP contribution is -2.42. The molecule has 0 fully saturated rings. The summed E-state index contributed by atoms with van der Waals surface area (Å²) in [5.74, 6) is -1.08. The molecule has 2 N–H and O–H groups in total. The predicted octanol–water partition coefficient (Wildman–Crippen LogP) is 3.32. The third-order valence-electron chi connectivity index (χ3n) is 3.77. The number of carbonyl (C=O) groups excluding carboxylic acids is 1. The van der Waals surface area contributed by atoms with Gasteiger partial charge in [-0.05, 0) is 26.3 Å². The van der Waals surface area contributed by atoms with Crippen LogP contribution < -0.4 is 5.73 Å². The first-order valence-electron chi connectivity index (χ1n) is 8.27. The Balaban J connectivity index is 3.25. The van der Waals surface area contributed by atoms with Crippen molar-refractivity contribution in [2.45, 2.75) is 45.3 Å². The Morgan fingerprint density at radius 3 is 2.08 bits per heavy atom. The van der Waals surface area contributed by atoms with Gasteiger partial charge in [0.2, 0.25) is 0 Å². The molecule has 6 nitrogen and oxygen atoms in total. The highest BCUT2D eigenvalue weighted by Gasteiger charge is 2.43.